The van der Waals surface area contributed by atoms with Crippen LogP contribution in [0, 0.1) is 0 Å². The molecular formula is C27H33N3O6S. The lowest BCUT2D eigenvalue weighted by molar-refractivity contribution is -0.134. The molecule has 0 atom stereocenters. The first-order chi connectivity index (χ1) is 17.9. The summed E-state index contributed by atoms with van der Waals surface area (Å²) in [6.07, 6.45) is 3.43. The lowest BCUT2D eigenvalue weighted by atomic mass is 10.0. The van der Waals surface area contributed by atoms with E-state index in [2.05, 4.69) is 41.1 Å². The van der Waals surface area contributed by atoms with Gasteiger partial charge in [0.2, 0.25) is 0 Å². The molecule has 2 aromatic rings. The maximum atomic E-state index is 9.55. The number of piperidine rings is 1. The molecule has 2 aromatic carbocycles. The number of ether oxygens (including phenoxy) is 2. The zero-order valence-electron chi connectivity index (χ0n) is 21.1. The summed E-state index contributed by atoms with van der Waals surface area (Å²) in [5.74, 6) is 0.107. The number of carboxylic acid groups (broad SMARTS) is 2. The molecule has 4 rings (SSSR count). The molecule has 0 spiro atoms. The molecule has 37 heavy (non-hydrogen) atoms. The Labute approximate surface area is 221 Å². The van der Waals surface area contributed by atoms with Crippen LogP contribution in [0.3, 0.4) is 0 Å². The summed E-state index contributed by atoms with van der Waals surface area (Å²) in [5, 5.41) is 16.8. The van der Waals surface area contributed by atoms with Crippen LogP contribution in [0.25, 0.3) is 0 Å². The summed E-state index contributed by atoms with van der Waals surface area (Å²) in [6, 6.07) is 16.8. The number of nitrogens with zero attached hydrogens (tertiary/aromatic N) is 3. The zero-order valence-corrected chi connectivity index (χ0v) is 21.9. The third-order valence-electron chi connectivity index (χ3n) is 6.07. The molecule has 0 unspecified atom stereocenters. The molecule has 9 nitrogen and oxygen atoms in total. The van der Waals surface area contributed by atoms with Gasteiger partial charge < -0.3 is 24.6 Å². The van der Waals surface area contributed by atoms with Crippen LogP contribution in [0.1, 0.15) is 18.4 Å². The molecule has 2 N–H and O–H groups in total. The zero-order chi connectivity index (χ0) is 26.6. The van der Waals surface area contributed by atoms with Gasteiger partial charge in [-0.1, -0.05) is 42.1 Å². The summed E-state index contributed by atoms with van der Waals surface area (Å²) in [7, 11) is 3.88. The van der Waals surface area contributed by atoms with Gasteiger partial charge in [-0.15, -0.1) is 0 Å². The van der Waals surface area contributed by atoms with Gasteiger partial charge in [-0.2, -0.15) is 0 Å². The molecule has 0 aliphatic carbocycles. The van der Waals surface area contributed by atoms with Crippen molar-refractivity contribution in [2.24, 2.45) is 4.99 Å². The Bertz CT molecular complexity index is 1100. The third-order valence-corrected chi connectivity index (χ3v) is 7.17. The molecule has 1 saturated heterocycles. The maximum absolute atomic E-state index is 9.55. The summed E-state index contributed by atoms with van der Waals surface area (Å²) >= 11 is 1.85. The lowest BCUT2D eigenvalue weighted by Crippen LogP contribution is -2.46. The van der Waals surface area contributed by atoms with Crippen molar-refractivity contribution in [2.45, 2.75) is 24.6 Å². The fourth-order valence-electron chi connectivity index (χ4n) is 4.05. The van der Waals surface area contributed by atoms with Crippen molar-refractivity contribution in [3.63, 3.8) is 0 Å². The minimum absolute atomic E-state index is 0.554. The second kappa shape index (κ2) is 14.3. The van der Waals surface area contributed by atoms with Gasteiger partial charge in [-0.25, -0.2) is 14.6 Å². The van der Waals surface area contributed by atoms with Crippen LogP contribution >= 0.6 is 11.8 Å². The van der Waals surface area contributed by atoms with E-state index in [-0.39, 0.29) is 0 Å². The predicted molar refractivity (Wildman–Crippen MR) is 145 cm³/mol. The Morgan fingerprint density at radius 3 is 2.32 bits per heavy atom. The van der Waals surface area contributed by atoms with E-state index in [1.807, 2.05) is 36.0 Å². The number of hydrogen-bond donors (Lipinski definition) is 2. The van der Waals surface area contributed by atoms with Crippen molar-refractivity contribution in [1.29, 1.82) is 0 Å². The van der Waals surface area contributed by atoms with Gasteiger partial charge in [0.1, 0.15) is 6.61 Å². The van der Waals surface area contributed by atoms with Crippen molar-refractivity contribution >= 4 is 34.6 Å². The van der Waals surface area contributed by atoms with Crippen LogP contribution in [-0.4, -0.2) is 83.6 Å². The van der Waals surface area contributed by atoms with Gasteiger partial charge in [0.25, 0.3) is 0 Å². The van der Waals surface area contributed by atoms with Gasteiger partial charge >= 0.3 is 11.9 Å². The number of methoxy groups -OCH3 is 1. The number of benzene rings is 2. The molecule has 10 heteroatoms. The van der Waals surface area contributed by atoms with E-state index in [1.165, 1.54) is 5.56 Å². The van der Waals surface area contributed by atoms with Crippen molar-refractivity contribution in [3.8, 4) is 11.5 Å². The number of hydrogen-bond acceptors (Lipinski definition) is 8. The van der Waals surface area contributed by atoms with Crippen molar-refractivity contribution < 1.29 is 29.3 Å². The number of amidine groups is 1. The fraction of sp³-hybridized carbons (Fsp3) is 0.370. The van der Waals surface area contributed by atoms with E-state index in [1.54, 1.807) is 7.11 Å². The SMILES string of the molecule is COc1ccccc1OCCN1CCC(N(C)C2=Nc3ccccc3CS2)CC1.O=C(O)/C=C/C(=O)O. The summed E-state index contributed by atoms with van der Waals surface area (Å²) < 4.78 is 11.3. The smallest absolute Gasteiger partial charge is 0.328 e. The number of rotatable bonds is 8. The number of para-hydroxylation sites is 3. The van der Waals surface area contributed by atoms with Crippen LogP contribution < -0.4 is 9.47 Å². The molecule has 0 saturated carbocycles. The Morgan fingerprint density at radius 1 is 1.05 bits per heavy atom. The molecule has 2 aliphatic rings. The number of fused-ring (bicyclic) bond motifs is 1. The average molecular weight is 528 g/mol. The molecule has 0 bridgehead atoms. The highest BCUT2D eigenvalue weighted by atomic mass is 32.2. The second-order valence-corrected chi connectivity index (χ2v) is 9.45. The van der Waals surface area contributed by atoms with Gasteiger partial charge in [0.05, 0.1) is 12.8 Å². The minimum Gasteiger partial charge on any atom is -0.493 e. The molecule has 198 valence electrons. The molecule has 0 amide bonds. The first kappa shape index (κ1) is 28.1. The molecule has 0 radical (unpaired) electrons. The first-order valence-corrected chi connectivity index (χ1v) is 13.0. The standard InChI is InChI=1S/C23H29N3O2S.C4H4O4/c1-25(23-24-20-8-4-3-7-18(20)17-29-23)19-11-13-26(14-12-19)15-16-28-22-10-6-5-9-21(22)27-2;5-3(6)1-2-4(7)8/h3-10,19H,11-17H2,1-2H3;1-2H,(H,5,6)(H,7,8)/b;2-1+. The number of carboxylic acids is 2. The lowest BCUT2D eigenvalue weighted by Gasteiger charge is -2.38. The second-order valence-electron chi connectivity index (χ2n) is 8.50. The highest BCUT2D eigenvalue weighted by Gasteiger charge is 2.26. The van der Waals surface area contributed by atoms with Gasteiger partial charge in [0, 0.05) is 50.6 Å². The van der Waals surface area contributed by atoms with E-state index in [0.29, 0.717) is 24.8 Å². The van der Waals surface area contributed by atoms with Crippen LogP contribution in [0.4, 0.5) is 5.69 Å². The van der Waals surface area contributed by atoms with Gasteiger partial charge in [-0.05, 0) is 36.6 Å². The molecule has 2 aliphatic heterocycles. The first-order valence-electron chi connectivity index (χ1n) is 12.0. The number of carbonyl (C=O) groups is 2. The van der Waals surface area contributed by atoms with E-state index >= 15 is 0 Å². The Kier molecular flexibility index (Phi) is 10.8. The Hall–Kier alpha value is -3.50. The van der Waals surface area contributed by atoms with Crippen LogP contribution in [0.5, 0.6) is 11.5 Å². The van der Waals surface area contributed by atoms with Crippen molar-refractivity contribution in [3.05, 3.63) is 66.2 Å². The number of aliphatic carboxylic acids is 2. The molecular weight excluding hydrogens is 494 g/mol. The van der Waals surface area contributed by atoms with Crippen LogP contribution in [-0.2, 0) is 15.3 Å². The summed E-state index contributed by atoms with van der Waals surface area (Å²) in [4.78, 5) is 28.9. The molecule has 1 fully saturated rings. The molecule has 0 aromatic heterocycles. The predicted octanol–water partition coefficient (Wildman–Crippen LogP) is 4.12. The number of aliphatic imine (C=N–C) groups is 1. The minimum atomic E-state index is -1.26. The fourth-order valence-corrected chi connectivity index (χ4v) is 5.10. The van der Waals surface area contributed by atoms with E-state index in [9.17, 15) is 9.59 Å². The van der Waals surface area contributed by atoms with Crippen LogP contribution in [0.15, 0.2) is 65.7 Å². The van der Waals surface area contributed by atoms with E-state index in [4.69, 9.17) is 24.7 Å². The summed E-state index contributed by atoms with van der Waals surface area (Å²) in [6.45, 7) is 3.81. The Balaban J connectivity index is 0.000000414. The van der Waals surface area contributed by atoms with Gasteiger partial charge in [0.15, 0.2) is 16.7 Å². The quantitative estimate of drug-likeness (QED) is 0.490. The highest BCUT2D eigenvalue weighted by Crippen LogP contribution is 2.33. The normalized spacial score (nSPS) is 15.7. The van der Waals surface area contributed by atoms with E-state index < -0.39 is 11.9 Å². The Morgan fingerprint density at radius 2 is 1.68 bits per heavy atom. The van der Waals surface area contributed by atoms with E-state index in [0.717, 1.165) is 60.6 Å². The number of thioether (sulfide) groups is 1. The third kappa shape index (κ3) is 8.83. The number of likely N-dealkylation sites (tertiary alicyclic amines) is 1. The van der Waals surface area contributed by atoms with Crippen molar-refractivity contribution in [1.82, 2.24) is 9.80 Å². The van der Waals surface area contributed by atoms with Gasteiger partial charge in [-0.3, -0.25) is 4.90 Å². The highest BCUT2D eigenvalue weighted by molar-refractivity contribution is 8.13. The maximum Gasteiger partial charge on any atom is 0.328 e. The summed E-state index contributed by atoms with van der Waals surface area (Å²) in [5.41, 5.74) is 2.46. The largest absolute Gasteiger partial charge is 0.493 e. The topological polar surface area (TPSA) is 112 Å². The van der Waals surface area contributed by atoms with Crippen LogP contribution in [0.2, 0.25) is 0 Å². The average Bonchev–Trinajstić information content (AvgIpc) is 2.92. The monoisotopic (exact) mass is 527 g/mol. The van der Waals surface area contributed by atoms with Crippen molar-refractivity contribution in [2.75, 3.05) is 40.4 Å². The molecule has 2 heterocycles.